The fourth-order valence-electron chi connectivity index (χ4n) is 2.35. The Labute approximate surface area is 152 Å². The normalized spacial score (nSPS) is 13.3. The average molecular weight is 347 g/mol. The van der Waals surface area contributed by atoms with Gasteiger partial charge in [-0.15, -0.1) is 0 Å². The Morgan fingerprint density at radius 2 is 1.60 bits per heavy atom. The highest BCUT2D eigenvalue weighted by atomic mass is 16.6. The maximum Gasteiger partial charge on any atom is 0.328 e. The zero-order valence-corrected chi connectivity index (χ0v) is 17.2. The fraction of sp³-hybridized carbons (Fsp3) is 0.619. The van der Waals surface area contributed by atoms with Crippen molar-refractivity contribution in [2.45, 2.75) is 78.7 Å². The van der Waals surface area contributed by atoms with Crippen LogP contribution < -0.4 is 0 Å². The van der Waals surface area contributed by atoms with Crippen LogP contribution in [0.15, 0.2) is 17.1 Å². The lowest BCUT2D eigenvalue weighted by molar-refractivity contribution is -0.152. The molecule has 0 saturated heterocycles. The number of carbonyl (C=O) groups is 1. The first-order chi connectivity index (χ1) is 11.1. The summed E-state index contributed by atoms with van der Waals surface area (Å²) in [5.74, 6) is -0.167. The second-order valence-corrected chi connectivity index (χ2v) is 9.52. The Hall–Kier alpha value is -1.84. The molecule has 140 valence electrons. The summed E-state index contributed by atoms with van der Waals surface area (Å²) in [6.45, 7) is 18.0. The molecule has 0 saturated carbocycles. The smallest absolute Gasteiger partial charge is 0.328 e. The number of hydrogen-bond acceptors (Lipinski definition) is 4. The Kier molecular flexibility index (Phi) is 6.09. The van der Waals surface area contributed by atoms with Gasteiger partial charge in [0.1, 0.15) is 17.9 Å². The molecule has 0 radical (unpaired) electrons. The van der Waals surface area contributed by atoms with Crippen molar-refractivity contribution < 1.29 is 14.6 Å². The topological polar surface area (TPSA) is 58.9 Å². The van der Waals surface area contributed by atoms with E-state index in [1.54, 1.807) is 6.21 Å². The van der Waals surface area contributed by atoms with Gasteiger partial charge >= 0.3 is 5.97 Å². The van der Waals surface area contributed by atoms with Crippen LogP contribution in [0.25, 0.3) is 0 Å². The van der Waals surface area contributed by atoms with Gasteiger partial charge in [-0.3, -0.25) is 9.79 Å². The number of carbonyl (C=O) groups excluding carboxylic acids is 1. The highest BCUT2D eigenvalue weighted by molar-refractivity contribution is 5.86. The molecule has 0 aliphatic carbocycles. The molecule has 0 atom stereocenters. The maximum atomic E-state index is 11.8. The molecule has 0 amide bonds. The second kappa shape index (κ2) is 7.19. The molecule has 4 heteroatoms. The first-order valence-electron chi connectivity index (χ1n) is 8.71. The number of benzene rings is 1. The highest BCUT2D eigenvalue weighted by Crippen LogP contribution is 2.37. The SMILES string of the molecule is CC(C)(C)OC(=O)CN=Cc1cc(C(C)(C)C)cc(C(C)(C)C)c1O. The molecule has 1 rings (SSSR count). The largest absolute Gasteiger partial charge is 0.507 e. The summed E-state index contributed by atoms with van der Waals surface area (Å²) in [6, 6.07) is 3.99. The zero-order chi connectivity index (χ0) is 19.6. The molecule has 0 heterocycles. The van der Waals surface area contributed by atoms with Gasteiger partial charge in [-0.2, -0.15) is 0 Å². The van der Waals surface area contributed by atoms with Gasteiger partial charge in [-0.25, -0.2) is 0 Å². The molecule has 1 aromatic carbocycles. The number of hydrogen-bond donors (Lipinski definition) is 1. The monoisotopic (exact) mass is 347 g/mol. The van der Waals surface area contributed by atoms with Crippen molar-refractivity contribution in [3.05, 3.63) is 28.8 Å². The number of aromatic hydroxyl groups is 1. The van der Waals surface area contributed by atoms with Crippen LogP contribution >= 0.6 is 0 Å². The van der Waals surface area contributed by atoms with Gasteiger partial charge in [-0.1, -0.05) is 47.6 Å². The van der Waals surface area contributed by atoms with Gasteiger partial charge in [0.15, 0.2) is 0 Å². The minimum Gasteiger partial charge on any atom is -0.507 e. The number of rotatable bonds is 3. The Balaban J connectivity index is 3.18. The molecule has 0 unspecified atom stereocenters. The molecular formula is C21H33NO3. The fourth-order valence-corrected chi connectivity index (χ4v) is 2.35. The van der Waals surface area contributed by atoms with Crippen LogP contribution in [0.3, 0.4) is 0 Å². The van der Waals surface area contributed by atoms with Crippen molar-refractivity contribution >= 4 is 12.2 Å². The van der Waals surface area contributed by atoms with E-state index in [9.17, 15) is 9.90 Å². The summed E-state index contributed by atoms with van der Waals surface area (Å²) in [6.07, 6.45) is 1.56. The van der Waals surface area contributed by atoms with Crippen molar-refractivity contribution in [2.24, 2.45) is 4.99 Å². The van der Waals surface area contributed by atoms with Crippen LogP contribution in [0.1, 0.15) is 79.0 Å². The maximum absolute atomic E-state index is 11.8. The Morgan fingerprint density at radius 3 is 2.04 bits per heavy atom. The third kappa shape index (κ3) is 6.52. The Morgan fingerprint density at radius 1 is 1.04 bits per heavy atom. The summed E-state index contributed by atoms with van der Waals surface area (Å²) >= 11 is 0. The van der Waals surface area contributed by atoms with E-state index in [0.29, 0.717) is 5.56 Å². The van der Waals surface area contributed by atoms with Gasteiger partial charge in [0.25, 0.3) is 0 Å². The first kappa shape index (κ1) is 21.2. The quantitative estimate of drug-likeness (QED) is 0.634. The van der Waals surface area contributed by atoms with Gasteiger partial charge in [-0.05, 0) is 43.2 Å². The molecule has 25 heavy (non-hydrogen) atoms. The molecule has 0 bridgehead atoms. The predicted octanol–water partition coefficient (Wildman–Crippen LogP) is 4.75. The standard InChI is InChI=1S/C21H33NO3/c1-19(2,3)15-10-14(18(24)16(11-15)20(4,5)6)12-22-13-17(23)25-21(7,8)9/h10-12,24H,13H2,1-9H3. The van der Waals surface area contributed by atoms with Crippen LogP contribution in [0.4, 0.5) is 0 Å². The second-order valence-electron chi connectivity index (χ2n) is 9.52. The van der Waals surface area contributed by atoms with E-state index >= 15 is 0 Å². The average Bonchev–Trinajstić information content (AvgIpc) is 2.35. The molecule has 0 aromatic heterocycles. The number of esters is 1. The minimum absolute atomic E-state index is 0.0541. The van der Waals surface area contributed by atoms with E-state index in [2.05, 4.69) is 52.6 Å². The summed E-state index contributed by atoms with van der Waals surface area (Å²) in [5, 5.41) is 10.7. The highest BCUT2D eigenvalue weighted by Gasteiger charge is 2.24. The summed E-state index contributed by atoms with van der Waals surface area (Å²) in [5.41, 5.74) is 1.84. The van der Waals surface area contributed by atoms with E-state index in [4.69, 9.17) is 4.74 Å². The van der Waals surface area contributed by atoms with E-state index in [1.165, 1.54) is 0 Å². The van der Waals surface area contributed by atoms with E-state index in [0.717, 1.165) is 11.1 Å². The third-order valence-corrected chi connectivity index (χ3v) is 3.68. The molecular weight excluding hydrogens is 314 g/mol. The summed E-state index contributed by atoms with van der Waals surface area (Å²) in [4.78, 5) is 16.0. The van der Waals surface area contributed by atoms with Crippen LogP contribution in [0, 0.1) is 0 Å². The zero-order valence-electron chi connectivity index (χ0n) is 17.2. The van der Waals surface area contributed by atoms with Gasteiger partial charge in [0, 0.05) is 17.3 Å². The molecule has 0 fully saturated rings. The summed E-state index contributed by atoms with van der Waals surface area (Å²) < 4.78 is 5.25. The molecule has 4 nitrogen and oxygen atoms in total. The first-order valence-corrected chi connectivity index (χ1v) is 8.71. The third-order valence-electron chi connectivity index (χ3n) is 3.68. The van der Waals surface area contributed by atoms with Gasteiger partial charge in [0.2, 0.25) is 0 Å². The lowest BCUT2D eigenvalue weighted by Gasteiger charge is -2.27. The number of ether oxygens (including phenoxy) is 1. The molecule has 0 aliphatic heterocycles. The van der Waals surface area contributed by atoms with Crippen molar-refractivity contribution in [1.29, 1.82) is 0 Å². The van der Waals surface area contributed by atoms with E-state index in [-0.39, 0.29) is 29.1 Å². The van der Waals surface area contributed by atoms with Crippen LogP contribution in [0.2, 0.25) is 0 Å². The lowest BCUT2D eigenvalue weighted by Crippen LogP contribution is -2.25. The number of nitrogens with zero attached hydrogens (tertiary/aromatic N) is 1. The van der Waals surface area contributed by atoms with Crippen molar-refractivity contribution in [3.8, 4) is 5.75 Å². The van der Waals surface area contributed by atoms with E-state index < -0.39 is 5.60 Å². The lowest BCUT2D eigenvalue weighted by atomic mass is 9.79. The van der Waals surface area contributed by atoms with Crippen molar-refractivity contribution in [1.82, 2.24) is 0 Å². The van der Waals surface area contributed by atoms with Crippen molar-refractivity contribution in [3.63, 3.8) is 0 Å². The molecule has 1 aromatic rings. The molecule has 0 spiro atoms. The molecule has 1 N–H and O–H groups in total. The summed E-state index contributed by atoms with van der Waals surface area (Å²) in [7, 11) is 0. The number of phenols is 1. The predicted molar refractivity (Wildman–Crippen MR) is 104 cm³/mol. The van der Waals surface area contributed by atoms with E-state index in [1.807, 2.05) is 26.8 Å². The minimum atomic E-state index is -0.527. The van der Waals surface area contributed by atoms with Crippen LogP contribution in [-0.4, -0.2) is 29.4 Å². The van der Waals surface area contributed by atoms with Crippen LogP contribution in [0.5, 0.6) is 5.75 Å². The number of phenolic OH excluding ortho intramolecular Hbond substituents is 1. The van der Waals surface area contributed by atoms with Gasteiger partial charge < -0.3 is 9.84 Å². The van der Waals surface area contributed by atoms with Gasteiger partial charge in [0.05, 0.1) is 0 Å². The van der Waals surface area contributed by atoms with Crippen LogP contribution in [-0.2, 0) is 20.4 Å². The Bertz CT molecular complexity index is 653. The van der Waals surface area contributed by atoms with Crippen molar-refractivity contribution in [2.75, 3.05) is 6.54 Å². The molecule has 0 aliphatic rings. The number of aliphatic imine (C=N–C) groups is 1.